The van der Waals surface area contributed by atoms with Crippen LogP contribution in [0.5, 0.6) is 0 Å². The zero-order chi connectivity index (χ0) is 11.2. The second kappa shape index (κ2) is 7.94. The van der Waals surface area contributed by atoms with Gasteiger partial charge in [0.05, 0.1) is 0 Å². The molecule has 0 fully saturated rings. The van der Waals surface area contributed by atoms with Crippen LogP contribution in [-0.2, 0) is 19.6 Å². The maximum atomic E-state index is 8.52. The van der Waals surface area contributed by atoms with E-state index in [2.05, 4.69) is 9.78 Å². The van der Waals surface area contributed by atoms with Gasteiger partial charge in [0.1, 0.15) is 0 Å². The first kappa shape index (κ1) is 18.1. The van der Waals surface area contributed by atoms with E-state index in [9.17, 15) is 0 Å². The fraction of sp³-hybridized carbons (Fsp3) is 1.00. The molecule has 88 valence electrons. The first-order valence-corrected chi connectivity index (χ1v) is 4.47. The molecule has 0 radical (unpaired) electrons. The van der Waals surface area contributed by atoms with Gasteiger partial charge in [-0.3, -0.25) is 0 Å². The molecule has 0 aliphatic rings. The molecule has 0 amide bonds. The first-order chi connectivity index (χ1) is 6.45. The predicted molar refractivity (Wildman–Crippen MR) is 48.1 cm³/mol. The number of hydrogen-bond acceptors (Lipinski definition) is 6. The molecule has 0 rings (SSSR count). The fourth-order valence-corrected chi connectivity index (χ4v) is 0.454. The van der Waals surface area contributed by atoms with Crippen LogP contribution in [0.3, 0.4) is 0 Å². The fourth-order valence-electron chi connectivity index (χ4n) is 0.454. The van der Waals surface area contributed by atoms with Gasteiger partial charge < -0.3 is 1.43 Å². The molecule has 0 aromatic carbocycles. The van der Waals surface area contributed by atoms with Crippen LogP contribution in [-0.4, -0.2) is 22.1 Å². The van der Waals surface area contributed by atoms with Crippen molar-refractivity contribution in [1.82, 2.24) is 0 Å². The third-order valence-corrected chi connectivity index (χ3v) is 2.06. The van der Waals surface area contributed by atoms with E-state index in [1.807, 2.05) is 0 Å². The van der Waals surface area contributed by atoms with Crippen molar-refractivity contribution in [3.8, 4) is 0 Å². The van der Waals surface area contributed by atoms with E-state index in [0.29, 0.717) is 12.8 Å². The van der Waals surface area contributed by atoms with Gasteiger partial charge in [0.25, 0.3) is 0 Å². The van der Waals surface area contributed by atoms with Crippen LogP contribution < -0.4 is 29.6 Å². The molecule has 0 heterocycles. The van der Waals surface area contributed by atoms with Gasteiger partial charge >= 0.3 is 29.6 Å². The van der Waals surface area contributed by atoms with Gasteiger partial charge in [-0.05, 0) is 13.8 Å². The smallest absolute Gasteiger partial charge is 1.00 e. The van der Waals surface area contributed by atoms with E-state index >= 15 is 0 Å². The van der Waals surface area contributed by atoms with Gasteiger partial charge in [0, 0.05) is 12.8 Å². The third kappa shape index (κ3) is 6.15. The van der Waals surface area contributed by atoms with Gasteiger partial charge in [0.2, 0.25) is 11.6 Å². The van der Waals surface area contributed by atoms with Gasteiger partial charge in [-0.15, -0.1) is 0 Å². The molecule has 0 aromatic rings. The topological polar surface area (TPSA) is 77.4 Å². The Morgan fingerprint density at radius 2 is 1.20 bits per heavy atom. The molecule has 6 nitrogen and oxygen atoms in total. The molecule has 0 saturated heterocycles. The molecule has 2 atom stereocenters. The average Bonchev–Trinajstić information content (AvgIpc) is 2.25. The van der Waals surface area contributed by atoms with Crippen molar-refractivity contribution in [2.75, 3.05) is 0 Å². The minimum atomic E-state index is -1.27. The first-order valence-electron chi connectivity index (χ1n) is 4.47. The zero-order valence-corrected chi connectivity index (χ0v) is 11.9. The SMILES string of the molecule is CCC(C)(OO)OOC(C)(CC)OO.[H-].[Na+]. The summed E-state index contributed by atoms with van der Waals surface area (Å²) in [5.41, 5.74) is 0. The van der Waals surface area contributed by atoms with Crippen LogP contribution >= 0.6 is 0 Å². The normalized spacial score (nSPS) is 18.8. The summed E-state index contributed by atoms with van der Waals surface area (Å²) < 4.78 is 0. The van der Waals surface area contributed by atoms with Crippen LogP contribution in [0.1, 0.15) is 42.0 Å². The van der Waals surface area contributed by atoms with Crippen molar-refractivity contribution in [2.24, 2.45) is 0 Å². The Balaban J connectivity index is -0.000000845. The Hall–Kier alpha value is 0.760. The van der Waals surface area contributed by atoms with Gasteiger partial charge in [-0.25, -0.2) is 20.3 Å². The maximum Gasteiger partial charge on any atom is 1.00 e. The number of hydrogen-bond donors (Lipinski definition) is 2. The molecule has 0 spiro atoms. The van der Waals surface area contributed by atoms with Crippen LogP contribution in [0, 0.1) is 0 Å². The number of rotatable bonds is 7. The standard InChI is InChI=1S/C8H18O6.Na.H/c1-5-7(3,11-9)13-14-8(4,6-2)12-10;;/h9-10H,5-6H2,1-4H3;;/q;+1;-1. The molecular formula is C8H19NaO6. The van der Waals surface area contributed by atoms with Crippen molar-refractivity contribution in [2.45, 2.75) is 52.1 Å². The summed E-state index contributed by atoms with van der Waals surface area (Å²) in [6.45, 7) is 6.45. The summed E-state index contributed by atoms with van der Waals surface area (Å²) in [5, 5.41) is 17.0. The van der Waals surface area contributed by atoms with Crippen molar-refractivity contribution in [3.05, 3.63) is 0 Å². The molecule has 0 aromatic heterocycles. The summed E-state index contributed by atoms with van der Waals surface area (Å²) in [4.78, 5) is 17.8. The molecule has 0 saturated carbocycles. The summed E-state index contributed by atoms with van der Waals surface area (Å²) in [5.74, 6) is -2.54. The van der Waals surface area contributed by atoms with E-state index in [0.717, 1.165) is 0 Å². The van der Waals surface area contributed by atoms with E-state index in [4.69, 9.17) is 20.3 Å². The second-order valence-corrected chi connectivity index (χ2v) is 3.32. The van der Waals surface area contributed by atoms with Crippen molar-refractivity contribution in [1.29, 1.82) is 0 Å². The van der Waals surface area contributed by atoms with Crippen LogP contribution in [0.4, 0.5) is 0 Å². The Morgan fingerprint density at radius 1 is 0.933 bits per heavy atom. The van der Waals surface area contributed by atoms with Crippen molar-refractivity contribution < 1.29 is 61.0 Å². The quantitative estimate of drug-likeness (QED) is 0.262. The zero-order valence-electron chi connectivity index (χ0n) is 10.9. The van der Waals surface area contributed by atoms with E-state index in [1.54, 1.807) is 13.8 Å². The minimum Gasteiger partial charge on any atom is -1.00 e. The van der Waals surface area contributed by atoms with Gasteiger partial charge in [-0.1, -0.05) is 13.8 Å². The Morgan fingerprint density at radius 3 is 1.33 bits per heavy atom. The summed E-state index contributed by atoms with van der Waals surface area (Å²) in [6, 6.07) is 0. The molecular weight excluding hydrogens is 215 g/mol. The molecule has 0 aliphatic carbocycles. The Bertz CT molecular complexity index is 145. The van der Waals surface area contributed by atoms with E-state index < -0.39 is 11.6 Å². The molecule has 7 heteroatoms. The van der Waals surface area contributed by atoms with Crippen molar-refractivity contribution in [3.63, 3.8) is 0 Å². The molecule has 2 unspecified atom stereocenters. The predicted octanol–water partition coefficient (Wildman–Crippen LogP) is -0.717. The third-order valence-electron chi connectivity index (χ3n) is 2.06. The summed E-state index contributed by atoms with van der Waals surface area (Å²) in [7, 11) is 0. The Labute approximate surface area is 113 Å². The molecule has 15 heavy (non-hydrogen) atoms. The van der Waals surface area contributed by atoms with Crippen molar-refractivity contribution >= 4 is 0 Å². The minimum absolute atomic E-state index is 0. The summed E-state index contributed by atoms with van der Waals surface area (Å²) >= 11 is 0. The van der Waals surface area contributed by atoms with Crippen LogP contribution in [0.15, 0.2) is 0 Å². The van der Waals surface area contributed by atoms with Crippen LogP contribution in [0.2, 0.25) is 0 Å². The van der Waals surface area contributed by atoms with E-state index in [1.165, 1.54) is 13.8 Å². The molecule has 0 bridgehead atoms. The Kier molecular flexibility index (Phi) is 9.60. The van der Waals surface area contributed by atoms with E-state index in [-0.39, 0.29) is 31.0 Å². The monoisotopic (exact) mass is 234 g/mol. The van der Waals surface area contributed by atoms with Crippen LogP contribution in [0.25, 0.3) is 0 Å². The van der Waals surface area contributed by atoms with Gasteiger partial charge in [-0.2, -0.15) is 9.78 Å². The summed E-state index contributed by atoms with van der Waals surface area (Å²) in [6.07, 6.45) is 0.740. The average molecular weight is 234 g/mol. The molecule has 2 N–H and O–H groups in total. The van der Waals surface area contributed by atoms with Gasteiger partial charge in [0.15, 0.2) is 0 Å². The second-order valence-electron chi connectivity index (χ2n) is 3.32. The maximum absolute atomic E-state index is 8.52. The molecule has 0 aliphatic heterocycles. The largest absolute Gasteiger partial charge is 1.00 e.